The molecule has 2 rings (SSSR count). The Labute approximate surface area is 158 Å². The van der Waals surface area contributed by atoms with Crippen LogP contribution in [0.4, 0.5) is 5.69 Å². The highest BCUT2D eigenvalue weighted by molar-refractivity contribution is 7.09. The normalized spacial score (nSPS) is 13.3. The Morgan fingerprint density at radius 3 is 2.69 bits per heavy atom. The van der Waals surface area contributed by atoms with Crippen molar-refractivity contribution >= 4 is 22.9 Å². The lowest BCUT2D eigenvalue weighted by molar-refractivity contribution is -0.128. The zero-order valence-corrected chi connectivity index (χ0v) is 16.1. The number of aliphatic hydroxyl groups excluding tert-OH is 1. The molecule has 142 valence electrons. The van der Waals surface area contributed by atoms with E-state index in [-0.39, 0.29) is 24.8 Å². The summed E-state index contributed by atoms with van der Waals surface area (Å²) in [5.41, 5.74) is 8.56. The highest BCUT2D eigenvalue weighted by Gasteiger charge is 2.19. The fourth-order valence-corrected chi connectivity index (χ4v) is 3.48. The number of hydrogen-bond acceptors (Lipinski definition) is 6. The third-order valence-corrected chi connectivity index (χ3v) is 4.97. The minimum absolute atomic E-state index is 0.127. The number of aliphatic hydroxyl groups is 1. The van der Waals surface area contributed by atoms with Crippen molar-refractivity contribution in [1.29, 1.82) is 0 Å². The first kappa shape index (κ1) is 20.4. The monoisotopic (exact) mass is 377 g/mol. The smallest absolute Gasteiger partial charge is 0.220 e. The van der Waals surface area contributed by atoms with Crippen LogP contribution in [0.3, 0.4) is 0 Å². The number of nitrogens with two attached hydrogens (primary N) is 1. The molecule has 0 radical (unpaired) electrons. The number of ether oxygens (including phenoxy) is 1. The van der Waals surface area contributed by atoms with Gasteiger partial charge in [0.25, 0.3) is 0 Å². The lowest BCUT2D eigenvalue weighted by atomic mass is 10.1. The van der Waals surface area contributed by atoms with Gasteiger partial charge in [-0.1, -0.05) is 19.1 Å². The average Bonchev–Trinajstić information content (AvgIpc) is 3.11. The average molecular weight is 378 g/mol. The summed E-state index contributed by atoms with van der Waals surface area (Å²) < 4.78 is 5.06. The molecule has 0 aliphatic rings. The van der Waals surface area contributed by atoms with Gasteiger partial charge >= 0.3 is 0 Å². The van der Waals surface area contributed by atoms with Gasteiger partial charge in [0.15, 0.2) is 6.29 Å². The van der Waals surface area contributed by atoms with E-state index in [0.29, 0.717) is 18.7 Å². The van der Waals surface area contributed by atoms with Gasteiger partial charge in [0.05, 0.1) is 11.7 Å². The van der Waals surface area contributed by atoms with Crippen LogP contribution < -0.4 is 11.1 Å². The summed E-state index contributed by atoms with van der Waals surface area (Å²) in [5.74, 6) is -0.127. The minimum atomic E-state index is -0.909. The van der Waals surface area contributed by atoms with Gasteiger partial charge in [-0.05, 0) is 37.5 Å². The molecule has 0 aliphatic heterocycles. The van der Waals surface area contributed by atoms with Crippen LogP contribution in [0.1, 0.15) is 49.0 Å². The van der Waals surface area contributed by atoms with Crippen molar-refractivity contribution < 1.29 is 14.6 Å². The number of amides is 1. The second-order valence-electron chi connectivity index (χ2n) is 6.05. The number of benzene rings is 1. The van der Waals surface area contributed by atoms with Crippen molar-refractivity contribution in [3.05, 3.63) is 45.9 Å². The van der Waals surface area contributed by atoms with Gasteiger partial charge in [-0.2, -0.15) is 0 Å². The molecule has 1 aromatic carbocycles. The molecular weight excluding hydrogens is 350 g/mol. The molecule has 2 aromatic rings. The molecule has 0 unspecified atom stereocenters. The van der Waals surface area contributed by atoms with Crippen LogP contribution in [0, 0.1) is 0 Å². The number of anilines is 1. The summed E-state index contributed by atoms with van der Waals surface area (Å²) in [6.07, 6.45) is 1.06. The largest absolute Gasteiger partial charge is 0.399 e. The van der Waals surface area contributed by atoms with Gasteiger partial charge in [-0.25, -0.2) is 4.98 Å². The van der Waals surface area contributed by atoms with Crippen molar-refractivity contribution in [2.24, 2.45) is 0 Å². The van der Waals surface area contributed by atoms with Crippen molar-refractivity contribution in [3.8, 4) is 0 Å². The molecule has 0 saturated carbocycles. The first-order chi connectivity index (χ1) is 12.5. The molecule has 6 nitrogen and oxygen atoms in total. The number of thiazole rings is 1. The maximum atomic E-state index is 12.3. The van der Waals surface area contributed by atoms with E-state index >= 15 is 0 Å². The highest BCUT2D eigenvalue weighted by atomic mass is 32.1. The van der Waals surface area contributed by atoms with Gasteiger partial charge in [-0.3, -0.25) is 4.79 Å². The molecule has 1 heterocycles. The number of hydrogen-bond donors (Lipinski definition) is 3. The Kier molecular flexibility index (Phi) is 8.03. The number of nitrogen functional groups attached to an aromatic ring is 1. The van der Waals surface area contributed by atoms with Gasteiger partial charge < -0.3 is 20.9 Å². The third-order valence-electron chi connectivity index (χ3n) is 3.96. The molecule has 7 heteroatoms. The minimum Gasteiger partial charge on any atom is -0.399 e. The summed E-state index contributed by atoms with van der Waals surface area (Å²) in [4.78, 5) is 17.0. The van der Waals surface area contributed by atoms with Crippen LogP contribution in [0.25, 0.3) is 0 Å². The predicted molar refractivity (Wildman–Crippen MR) is 104 cm³/mol. The third kappa shape index (κ3) is 6.40. The van der Waals surface area contributed by atoms with E-state index in [1.165, 1.54) is 0 Å². The van der Waals surface area contributed by atoms with Crippen LogP contribution >= 0.6 is 11.3 Å². The Morgan fingerprint density at radius 2 is 2.08 bits per heavy atom. The first-order valence-electron chi connectivity index (χ1n) is 8.89. The number of nitrogens with one attached hydrogen (secondary N) is 1. The lowest BCUT2D eigenvalue weighted by Gasteiger charge is -2.18. The quantitative estimate of drug-likeness (QED) is 0.437. The molecular formula is C19H27N3O3S. The Hall–Kier alpha value is -1.96. The van der Waals surface area contributed by atoms with Crippen molar-refractivity contribution in [1.82, 2.24) is 10.3 Å². The van der Waals surface area contributed by atoms with Crippen LogP contribution in [0.5, 0.6) is 0 Å². The summed E-state index contributed by atoms with van der Waals surface area (Å²) >= 11 is 1.55. The number of carbonyl (C=O) groups is 1. The van der Waals surface area contributed by atoms with E-state index in [0.717, 1.165) is 22.7 Å². The van der Waals surface area contributed by atoms with E-state index < -0.39 is 6.29 Å². The molecule has 0 fully saturated rings. The second-order valence-corrected chi connectivity index (χ2v) is 6.93. The van der Waals surface area contributed by atoms with E-state index in [4.69, 9.17) is 10.5 Å². The predicted octanol–water partition coefficient (Wildman–Crippen LogP) is 2.82. The fourth-order valence-electron chi connectivity index (χ4n) is 2.53. The highest BCUT2D eigenvalue weighted by Crippen LogP contribution is 2.23. The molecule has 0 bridgehead atoms. The maximum absolute atomic E-state index is 12.3. The van der Waals surface area contributed by atoms with Crippen LogP contribution in [0.2, 0.25) is 0 Å². The van der Waals surface area contributed by atoms with E-state index in [2.05, 4.69) is 17.2 Å². The zero-order chi connectivity index (χ0) is 18.9. The lowest BCUT2D eigenvalue weighted by Crippen LogP contribution is -2.30. The van der Waals surface area contributed by atoms with Crippen molar-refractivity contribution in [2.75, 3.05) is 12.3 Å². The van der Waals surface area contributed by atoms with Gasteiger partial charge in [0, 0.05) is 30.5 Å². The van der Waals surface area contributed by atoms with E-state index in [1.54, 1.807) is 18.3 Å². The molecule has 1 aromatic heterocycles. The van der Waals surface area contributed by atoms with Gasteiger partial charge in [0.2, 0.25) is 5.91 Å². The van der Waals surface area contributed by atoms with E-state index in [1.807, 2.05) is 29.6 Å². The van der Waals surface area contributed by atoms with Gasteiger partial charge in [-0.15, -0.1) is 11.3 Å². The molecule has 4 N–H and O–H groups in total. The number of aromatic nitrogens is 1. The molecule has 0 aliphatic carbocycles. The first-order valence-corrected chi connectivity index (χ1v) is 9.77. The van der Waals surface area contributed by atoms with Crippen molar-refractivity contribution in [3.63, 3.8) is 0 Å². The fraction of sp³-hybridized carbons (Fsp3) is 0.474. The van der Waals surface area contributed by atoms with Gasteiger partial charge in [0.1, 0.15) is 5.01 Å². The number of nitrogens with zero attached hydrogens (tertiary/aromatic N) is 1. The second kappa shape index (κ2) is 10.3. The van der Waals surface area contributed by atoms with Crippen LogP contribution in [0.15, 0.2) is 29.6 Å². The standard InChI is InChI=1S/C19H27N3O3S/c1-3-15-12-26-19(21-15)16(11-13-5-7-14(20)8-6-13)22-17(23)9-10-18(24)25-4-2/h5-8,12,16,18,24H,3-4,9-11,20H2,1-2H3,(H,22,23)/t16-,18-/m0/s1. The SMILES string of the molecule is CCO[C@H](O)CCC(=O)N[C@@H](Cc1ccc(N)cc1)c1nc(CC)cs1. The number of aryl methyl sites for hydroxylation is 1. The molecule has 0 saturated heterocycles. The Bertz CT molecular complexity index is 688. The zero-order valence-electron chi connectivity index (χ0n) is 15.3. The van der Waals surface area contributed by atoms with Crippen LogP contribution in [-0.4, -0.2) is 28.9 Å². The summed E-state index contributed by atoms with van der Waals surface area (Å²) in [6, 6.07) is 7.42. The molecule has 1 amide bonds. The molecule has 2 atom stereocenters. The summed E-state index contributed by atoms with van der Waals surface area (Å²) in [7, 11) is 0. The molecule has 0 spiro atoms. The summed E-state index contributed by atoms with van der Waals surface area (Å²) in [6.45, 7) is 4.28. The Morgan fingerprint density at radius 1 is 1.35 bits per heavy atom. The van der Waals surface area contributed by atoms with E-state index in [9.17, 15) is 9.90 Å². The Balaban J connectivity index is 2.04. The maximum Gasteiger partial charge on any atom is 0.220 e. The number of rotatable bonds is 10. The molecule has 26 heavy (non-hydrogen) atoms. The van der Waals surface area contributed by atoms with Crippen LogP contribution in [-0.2, 0) is 22.4 Å². The summed E-state index contributed by atoms with van der Waals surface area (Å²) in [5, 5.41) is 15.6. The number of carbonyl (C=O) groups excluding carboxylic acids is 1. The topological polar surface area (TPSA) is 97.5 Å². The van der Waals surface area contributed by atoms with Crippen molar-refractivity contribution in [2.45, 2.75) is 51.9 Å².